The Kier molecular flexibility index (Phi) is 7.88. The monoisotopic (exact) mass is 514 g/mol. The summed E-state index contributed by atoms with van der Waals surface area (Å²) >= 11 is 0. The van der Waals surface area contributed by atoms with E-state index in [4.69, 9.17) is 4.98 Å². The van der Waals surface area contributed by atoms with E-state index in [2.05, 4.69) is 45.4 Å². The van der Waals surface area contributed by atoms with Crippen LogP contribution in [0, 0.1) is 13.8 Å². The number of carbonyl (C=O) groups is 2. The molecule has 38 heavy (non-hydrogen) atoms. The number of pyridine rings is 1. The highest BCUT2D eigenvalue weighted by Gasteiger charge is 2.27. The summed E-state index contributed by atoms with van der Waals surface area (Å²) < 4.78 is 2.16. The van der Waals surface area contributed by atoms with E-state index in [0.29, 0.717) is 24.6 Å². The standard InChI is InChI=1S/C30H38N6O2/c1-4-27(37)35-15-9-6-10-25(20-35)36-28-21(2)16-23(19-34-13-7-5-8-14-34)18-26(28)32-30(36)33-29(38)24-11-12-31-22(3)17-24/h4,11-12,16-18,25H,1,5-10,13-15,19-20H2,2-3H3,(H,32,33,38). The lowest BCUT2D eigenvalue weighted by Crippen LogP contribution is -2.34. The summed E-state index contributed by atoms with van der Waals surface area (Å²) in [5, 5.41) is 3.10. The number of fused-ring (bicyclic) bond motifs is 1. The lowest BCUT2D eigenvalue weighted by molar-refractivity contribution is -0.126. The first-order valence-corrected chi connectivity index (χ1v) is 13.8. The quantitative estimate of drug-likeness (QED) is 0.467. The Morgan fingerprint density at radius 2 is 1.87 bits per heavy atom. The average Bonchev–Trinajstić information content (AvgIpc) is 3.09. The van der Waals surface area contributed by atoms with Crippen LogP contribution in [0.1, 0.15) is 71.7 Å². The minimum Gasteiger partial charge on any atom is -0.337 e. The first kappa shape index (κ1) is 26.1. The largest absolute Gasteiger partial charge is 0.337 e. The van der Waals surface area contributed by atoms with Crippen LogP contribution < -0.4 is 5.32 Å². The maximum atomic E-state index is 13.3. The van der Waals surface area contributed by atoms with Crippen LogP contribution in [0.15, 0.2) is 43.1 Å². The van der Waals surface area contributed by atoms with E-state index < -0.39 is 0 Å². The molecule has 8 nitrogen and oxygen atoms in total. The second-order valence-corrected chi connectivity index (χ2v) is 10.7. The van der Waals surface area contributed by atoms with Crippen LogP contribution in [0.4, 0.5) is 5.95 Å². The Labute approximate surface area is 224 Å². The number of piperidine rings is 1. The van der Waals surface area contributed by atoms with E-state index in [1.807, 2.05) is 11.8 Å². The van der Waals surface area contributed by atoms with E-state index in [9.17, 15) is 9.59 Å². The number of amides is 2. The van der Waals surface area contributed by atoms with Gasteiger partial charge in [0.1, 0.15) is 0 Å². The van der Waals surface area contributed by atoms with Crippen molar-refractivity contribution in [1.82, 2.24) is 24.3 Å². The zero-order chi connectivity index (χ0) is 26.6. The van der Waals surface area contributed by atoms with Gasteiger partial charge in [-0.1, -0.05) is 19.1 Å². The summed E-state index contributed by atoms with van der Waals surface area (Å²) in [5.41, 5.74) is 5.60. The molecule has 0 bridgehead atoms. The minimum absolute atomic E-state index is 0.00693. The Morgan fingerprint density at radius 1 is 1.08 bits per heavy atom. The molecule has 0 saturated carbocycles. The van der Waals surface area contributed by atoms with Crippen molar-refractivity contribution in [2.24, 2.45) is 0 Å². The van der Waals surface area contributed by atoms with Gasteiger partial charge in [0.25, 0.3) is 5.91 Å². The first-order chi connectivity index (χ1) is 18.4. The molecule has 3 aromatic rings. The van der Waals surface area contributed by atoms with Gasteiger partial charge in [0.2, 0.25) is 11.9 Å². The Hall–Kier alpha value is -3.52. The molecular formula is C30H38N6O2. The maximum Gasteiger partial charge on any atom is 0.258 e. The van der Waals surface area contributed by atoms with Gasteiger partial charge in [0.15, 0.2) is 0 Å². The van der Waals surface area contributed by atoms with E-state index in [0.717, 1.165) is 61.2 Å². The average molecular weight is 515 g/mol. The van der Waals surface area contributed by atoms with Gasteiger partial charge in [-0.25, -0.2) is 4.98 Å². The Bertz CT molecular complexity index is 1340. The van der Waals surface area contributed by atoms with Gasteiger partial charge in [0.05, 0.1) is 17.1 Å². The molecule has 2 aliphatic rings. The molecule has 2 fully saturated rings. The fraction of sp³-hybridized carbons (Fsp3) is 0.467. The van der Waals surface area contributed by atoms with Crippen molar-refractivity contribution in [3.05, 3.63) is 65.5 Å². The number of nitrogens with one attached hydrogen (secondary N) is 1. The zero-order valence-corrected chi connectivity index (χ0v) is 22.6. The van der Waals surface area contributed by atoms with Crippen LogP contribution in [-0.2, 0) is 11.3 Å². The van der Waals surface area contributed by atoms with Crippen molar-refractivity contribution in [1.29, 1.82) is 0 Å². The first-order valence-electron chi connectivity index (χ1n) is 13.8. The summed E-state index contributed by atoms with van der Waals surface area (Å²) in [7, 11) is 0. The van der Waals surface area contributed by atoms with Gasteiger partial charge in [-0.15, -0.1) is 0 Å². The molecule has 0 aliphatic carbocycles. The molecule has 0 radical (unpaired) electrons. The van der Waals surface area contributed by atoms with Crippen LogP contribution in [0.3, 0.4) is 0 Å². The highest BCUT2D eigenvalue weighted by molar-refractivity contribution is 6.04. The van der Waals surface area contributed by atoms with E-state index in [-0.39, 0.29) is 17.9 Å². The minimum atomic E-state index is -0.217. The number of anilines is 1. The molecule has 1 aromatic carbocycles. The van der Waals surface area contributed by atoms with E-state index in [1.165, 1.54) is 30.9 Å². The Morgan fingerprint density at radius 3 is 2.63 bits per heavy atom. The van der Waals surface area contributed by atoms with Gasteiger partial charge in [0, 0.05) is 37.1 Å². The van der Waals surface area contributed by atoms with Crippen molar-refractivity contribution in [2.45, 2.75) is 65.0 Å². The highest BCUT2D eigenvalue weighted by Crippen LogP contribution is 2.33. The molecule has 0 spiro atoms. The number of benzene rings is 1. The molecule has 2 saturated heterocycles. The lowest BCUT2D eigenvalue weighted by atomic mass is 10.1. The van der Waals surface area contributed by atoms with Gasteiger partial charge in [-0.05, 0) is 94.4 Å². The van der Waals surface area contributed by atoms with Crippen LogP contribution in [0.2, 0.25) is 0 Å². The number of hydrogen-bond acceptors (Lipinski definition) is 5. The predicted molar refractivity (Wildman–Crippen MR) is 150 cm³/mol. The summed E-state index contributed by atoms with van der Waals surface area (Å²) in [6.45, 7) is 12.1. The van der Waals surface area contributed by atoms with E-state index >= 15 is 0 Å². The highest BCUT2D eigenvalue weighted by atomic mass is 16.2. The zero-order valence-electron chi connectivity index (χ0n) is 22.6. The molecule has 1 N–H and O–H groups in total. The molecule has 4 heterocycles. The fourth-order valence-electron chi connectivity index (χ4n) is 5.94. The molecule has 2 aliphatic heterocycles. The van der Waals surface area contributed by atoms with Crippen LogP contribution in [-0.4, -0.2) is 62.3 Å². The molecule has 2 aromatic heterocycles. The Balaban J connectivity index is 1.55. The normalized spacial score (nSPS) is 18.8. The molecule has 8 heteroatoms. The molecule has 1 unspecified atom stereocenters. The van der Waals surface area contributed by atoms with Crippen LogP contribution in [0.5, 0.6) is 0 Å². The third-order valence-electron chi connectivity index (χ3n) is 7.77. The number of aromatic nitrogens is 3. The summed E-state index contributed by atoms with van der Waals surface area (Å²) in [5.74, 6) is 0.251. The third-order valence-corrected chi connectivity index (χ3v) is 7.77. The number of hydrogen-bond donors (Lipinski definition) is 1. The summed E-state index contributed by atoms with van der Waals surface area (Å²) in [6.07, 6.45) is 9.69. The van der Waals surface area contributed by atoms with Crippen molar-refractivity contribution in [3.63, 3.8) is 0 Å². The van der Waals surface area contributed by atoms with Crippen LogP contribution in [0.25, 0.3) is 11.0 Å². The molecule has 2 amide bonds. The van der Waals surface area contributed by atoms with Gasteiger partial charge < -0.3 is 9.47 Å². The van der Waals surface area contributed by atoms with E-state index in [1.54, 1.807) is 18.3 Å². The smallest absolute Gasteiger partial charge is 0.258 e. The van der Waals surface area contributed by atoms with Crippen molar-refractivity contribution in [2.75, 3.05) is 31.5 Å². The predicted octanol–water partition coefficient (Wildman–Crippen LogP) is 5.03. The topological polar surface area (TPSA) is 83.4 Å². The number of rotatable bonds is 6. The van der Waals surface area contributed by atoms with Crippen molar-refractivity contribution >= 4 is 28.8 Å². The van der Waals surface area contributed by atoms with Gasteiger partial charge >= 0.3 is 0 Å². The molecule has 200 valence electrons. The van der Waals surface area contributed by atoms with Crippen molar-refractivity contribution < 1.29 is 9.59 Å². The lowest BCUT2D eigenvalue weighted by Gasteiger charge is -2.27. The van der Waals surface area contributed by atoms with Crippen LogP contribution >= 0.6 is 0 Å². The van der Waals surface area contributed by atoms with Gasteiger partial charge in [-0.3, -0.25) is 24.8 Å². The number of carbonyl (C=O) groups excluding carboxylic acids is 2. The molecule has 5 rings (SSSR count). The van der Waals surface area contributed by atoms with Crippen molar-refractivity contribution in [3.8, 4) is 0 Å². The number of likely N-dealkylation sites (tertiary alicyclic amines) is 2. The third kappa shape index (κ3) is 5.65. The van der Waals surface area contributed by atoms with Gasteiger partial charge in [-0.2, -0.15) is 0 Å². The second kappa shape index (κ2) is 11.5. The fourth-order valence-corrected chi connectivity index (χ4v) is 5.94. The molecular weight excluding hydrogens is 476 g/mol. The number of aryl methyl sites for hydroxylation is 2. The number of imidazole rings is 1. The molecule has 1 atom stereocenters. The maximum absolute atomic E-state index is 13.3. The number of nitrogens with zero attached hydrogens (tertiary/aromatic N) is 5. The SMILES string of the molecule is C=CC(=O)N1CCCCC(n2c(NC(=O)c3ccnc(C)c3)nc3cc(CN4CCCCC4)cc(C)c32)C1. The second-order valence-electron chi connectivity index (χ2n) is 10.7. The summed E-state index contributed by atoms with van der Waals surface area (Å²) in [6, 6.07) is 7.92. The summed E-state index contributed by atoms with van der Waals surface area (Å²) in [4.78, 5) is 39.5.